The first kappa shape index (κ1) is 20.0. The van der Waals surface area contributed by atoms with Crippen LogP contribution >= 0.6 is 0 Å². The zero-order valence-electron chi connectivity index (χ0n) is 17.4. The second-order valence-corrected chi connectivity index (χ2v) is 14.5. The van der Waals surface area contributed by atoms with E-state index in [1.165, 1.54) is 38.5 Å². The van der Waals surface area contributed by atoms with Crippen LogP contribution in [-0.4, -0.2) is 15.2 Å². The Hall–Kier alpha value is -0.763. The summed E-state index contributed by atoms with van der Waals surface area (Å²) in [7, 11) is 0.735. The third-order valence-electron chi connectivity index (χ3n) is 7.76. The van der Waals surface area contributed by atoms with Gasteiger partial charge in [-0.25, -0.2) is 0 Å². The molecule has 1 nitrogen and oxygen atoms in total. The van der Waals surface area contributed by atoms with Crippen molar-refractivity contribution in [3.63, 3.8) is 0 Å². The van der Waals surface area contributed by atoms with E-state index < -0.39 is 8.07 Å². The van der Waals surface area contributed by atoms with Crippen molar-refractivity contribution in [3.8, 4) is 5.75 Å². The summed E-state index contributed by atoms with van der Waals surface area (Å²) in [6.45, 7) is 5.07. The van der Waals surface area contributed by atoms with Crippen molar-refractivity contribution < 1.29 is 4.74 Å². The standard InChI is InChI=1S/C24H40OSi/c1-4-5-6-7-20-8-14-24(15-9-20)26(3)18-16-22(17-19-26)21-10-12-23(25-2)13-11-21/h10-13,20,22,24H,4-9,14-19H2,1-3H3/t20-,22?,24-,26?. The number of rotatable bonds is 7. The third-order valence-corrected chi connectivity index (χ3v) is 13.2. The molecule has 1 saturated heterocycles. The molecule has 2 aliphatic rings. The maximum absolute atomic E-state index is 5.32. The van der Waals surface area contributed by atoms with E-state index in [1.807, 2.05) is 0 Å². The lowest BCUT2D eigenvalue weighted by Gasteiger charge is -2.44. The smallest absolute Gasteiger partial charge is 0.118 e. The van der Waals surface area contributed by atoms with Gasteiger partial charge in [0.1, 0.15) is 5.75 Å². The first-order valence-corrected chi connectivity index (χ1v) is 14.3. The zero-order valence-corrected chi connectivity index (χ0v) is 18.4. The highest BCUT2D eigenvalue weighted by atomic mass is 28.3. The number of unbranched alkanes of at least 4 members (excludes halogenated alkanes) is 2. The molecule has 0 spiro atoms. The molecule has 2 heteroatoms. The van der Waals surface area contributed by atoms with Crippen molar-refractivity contribution in [2.45, 2.75) is 101 Å². The summed E-state index contributed by atoms with van der Waals surface area (Å²) >= 11 is 0. The van der Waals surface area contributed by atoms with E-state index in [-0.39, 0.29) is 0 Å². The normalized spacial score (nSPS) is 32.3. The van der Waals surface area contributed by atoms with Crippen molar-refractivity contribution in [3.05, 3.63) is 29.8 Å². The van der Waals surface area contributed by atoms with Crippen LogP contribution in [0.4, 0.5) is 0 Å². The Morgan fingerprint density at radius 1 is 0.923 bits per heavy atom. The summed E-state index contributed by atoms with van der Waals surface area (Å²) in [6, 6.07) is 12.0. The predicted octanol–water partition coefficient (Wildman–Crippen LogP) is 7.79. The van der Waals surface area contributed by atoms with E-state index in [4.69, 9.17) is 4.74 Å². The fourth-order valence-electron chi connectivity index (χ4n) is 5.73. The lowest BCUT2D eigenvalue weighted by molar-refractivity contribution is 0.323. The molecule has 26 heavy (non-hydrogen) atoms. The van der Waals surface area contributed by atoms with Crippen molar-refractivity contribution >= 4 is 8.07 Å². The van der Waals surface area contributed by atoms with Crippen LogP contribution in [0.3, 0.4) is 0 Å². The highest BCUT2D eigenvalue weighted by Gasteiger charge is 2.41. The third kappa shape index (κ3) is 4.94. The van der Waals surface area contributed by atoms with Gasteiger partial charge in [-0.1, -0.05) is 89.1 Å². The van der Waals surface area contributed by atoms with E-state index in [0.717, 1.165) is 23.1 Å². The van der Waals surface area contributed by atoms with Crippen LogP contribution in [0.15, 0.2) is 24.3 Å². The van der Waals surface area contributed by atoms with Gasteiger partial charge in [0, 0.05) is 0 Å². The molecule has 3 rings (SSSR count). The van der Waals surface area contributed by atoms with Crippen molar-refractivity contribution in [2.24, 2.45) is 5.92 Å². The van der Waals surface area contributed by atoms with E-state index in [9.17, 15) is 0 Å². The van der Waals surface area contributed by atoms with Crippen LogP contribution < -0.4 is 4.74 Å². The fourth-order valence-corrected chi connectivity index (χ4v) is 10.5. The first-order valence-electron chi connectivity index (χ1n) is 11.3. The molecule has 0 N–H and O–H groups in total. The molecular weight excluding hydrogens is 332 g/mol. The molecule has 1 aliphatic carbocycles. The van der Waals surface area contributed by atoms with Gasteiger partial charge in [0.05, 0.1) is 15.2 Å². The molecular formula is C24H40OSi. The highest BCUT2D eigenvalue weighted by Crippen LogP contribution is 2.49. The van der Waals surface area contributed by atoms with Crippen molar-refractivity contribution in [2.75, 3.05) is 7.11 Å². The van der Waals surface area contributed by atoms with Crippen LogP contribution in [0.1, 0.15) is 82.6 Å². The Kier molecular flexibility index (Phi) is 7.25. The van der Waals surface area contributed by atoms with E-state index in [1.54, 1.807) is 50.4 Å². The van der Waals surface area contributed by atoms with Gasteiger partial charge in [-0.05, 0) is 47.9 Å². The van der Waals surface area contributed by atoms with Crippen LogP contribution in [0.2, 0.25) is 24.2 Å². The molecule has 1 aromatic carbocycles. The van der Waals surface area contributed by atoms with Crippen molar-refractivity contribution in [1.29, 1.82) is 0 Å². The quantitative estimate of drug-likeness (QED) is 0.350. The number of methoxy groups -OCH3 is 1. The molecule has 1 aliphatic heterocycles. The average molecular weight is 373 g/mol. The largest absolute Gasteiger partial charge is 0.497 e. The van der Waals surface area contributed by atoms with Gasteiger partial charge in [-0.2, -0.15) is 0 Å². The topological polar surface area (TPSA) is 9.23 Å². The Bertz CT molecular complexity index is 522. The predicted molar refractivity (Wildman–Crippen MR) is 116 cm³/mol. The van der Waals surface area contributed by atoms with E-state index >= 15 is 0 Å². The van der Waals surface area contributed by atoms with Gasteiger partial charge in [0.15, 0.2) is 0 Å². The molecule has 0 atom stereocenters. The summed E-state index contributed by atoms with van der Waals surface area (Å²) in [6.07, 6.45) is 14.9. The van der Waals surface area contributed by atoms with Gasteiger partial charge >= 0.3 is 0 Å². The summed E-state index contributed by atoms with van der Waals surface area (Å²) in [5.74, 6) is 2.84. The number of hydrogen-bond acceptors (Lipinski definition) is 1. The molecule has 146 valence electrons. The maximum atomic E-state index is 5.32. The minimum Gasteiger partial charge on any atom is -0.497 e. The van der Waals surface area contributed by atoms with Gasteiger partial charge in [-0.15, -0.1) is 0 Å². The lowest BCUT2D eigenvalue weighted by Crippen LogP contribution is -2.41. The zero-order chi connectivity index (χ0) is 18.4. The SMILES string of the molecule is CCCCC[C@H]1CC[C@H]([Si]2(C)CCC(c3ccc(OC)cc3)CC2)CC1. The molecule has 1 heterocycles. The van der Waals surface area contributed by atoms with Crippen LogP contribution in [0.5, 0.6) is 5.75 Å². The second-order valence-electron chi connectivity index (χ2n) is 9.41. The molecule has 0 bridgehead atoms. The Balaban J connectivity index is 1.47. The Morgan fingerprint density at radius 2 is 1.58 bits per heavy atom. The molecule has 0 radical (unpaired) electrons. The van der Waals surface area contributed by atoms with Gasteiger partial charge < -0.3 is 4.74 Å². The highest BCUT2D eigenvalue weighted by molar-refractivity contribution is 6.80. The second kappa shape index (κ2) is 9.44. The first-order chi connectivity index (χ1) is 12.6. The van der Waals surface area contributed by atoms with Gasteiger partial charge in [0.25, 0.3) is 0 Å². The average Bonchev–Trinajstić information content (AvgIpc) is 2.69. The summed E-state index contributed by atoms with van der Waals surface area (Å²) in [5.41, 5.74) is 2.67. The Labute approximate surface area is 162 Å². The fraction of sp³-hybridized carbons (Fsp3) is 0.750. The molecule has 0 unspecified atom stereocenters. The monoisotopic (exact) mass is 372 g/mol. The van der Waals surface area contributed by atoms with Crippen LogP contribution in [-0.2, 0) is 0 Å². The maximum Gasteiger partial charge on any atom is 0.118 e. The number of ether oxygens (including phenoxy) is 1. The summed E-state index contributed by atoms with van der Waals surface area (Å²) in [4.78, 5) is 0. The number of hydrogen-bond donors (Lipinski definition) is 0. The van der Waals surface area contributed by atoms with Gasteiger partial charge in [0.2, 0.25) is 0 Å². The minimum atomic E-state index is -1.02. The molecule has 1 aromatic rings. The minimum absolute atomic E-state index is 0.798. The lowest BCUT2D eigenvalue weighted by atomic mass is 9.85. The molecule has 0 aromatic heterocycles. The van der Waals surface area contributed by atoms with E-state index in [2.05, 4.69) is 37.7 Å². The molecule has 2 fully saturated rings. The Morgan fingerprint density at radius 3 is 2.15 bits per heavy atom. The molecule has 1 saturated carbocycles. The molecule has 0 amide bonds. The van der Waals surface area contributed by atoms with E-state index in [0.29, 0.717) is 0 Å². The van der Waals surface area contributed by atoms with Crippen molar-refractivity contribution in [1.82, 2.24) is 0 Å². The van der Waals surface area contributed by atoms with Crippen LogP contribution in [0.25, 0.3) is 0 Å². The number of benzene rings is 1. The van der Waals surface area contributed by atoms with Crippen LogP contribution in [0, 0.1) is 5.92 Å². The summed E-state index contributed by atoms with van der Waals surface area (Å²) < 4.78 is 5.32. The summed E-state index contributed by atoms with van der Waals surface area (Å²) in [5, 5.41) is 0. The van der Waals surface area contributed by atoms with Gasteiger partial charge in [-0.3, -0.25) is 0 Å².